The summed E-state index contributed by atoms with van der Waals surface area (Å²) in [6.07, 6.45) is 0.493. The lowest BCUT2D eigenvalue weighted by Crippen LogP contribution is -2.37. The van der Waals surface area contributed by atoms with Gasteiger partial charge in [-0.1, -0.05) is 54.6 Å². The Hall–Kier alpha value is -3.80. The lowest BCUT2D eigenvalue weighted by molar-refractivity contribution is -0.114. The molecule has 1 amide bonds. The predicted octanol–water partition coefficient (Wildman–Crippen LogP) is 4.22. The molecule has 0 aliphatic carbocycles. The Morgan fingerprint density at radius 3 is 2.38 bits per heavy atom. The molecule has 6 heteroatoms. The van der Waals surface area contributed by atoms with E-state index in [2.05, 4.69) is 27.8 Å². The van der Waals surface area contributed by atoms with Crippen LogP contribution in [0.15, 0.2) is 83.9 Å². The topological polar surface area (TPSA) is 72.0 Å². The predicted molar refractivity (Wildman–Crippen MR) is 126 cm³/mol. The van der Waals surface area contributed by atoms with E-state index in [1.54, 1.807) is 0 Å². The Bertz CT molecular complexity index is 1070. The first-order valence-electron chi connectivity index (χ1n) is 10.7. The maximum Gasteiger partial charge on any atom is 0.221 e. The SMILES string of the molecule is CC(=O)Nc1ccc(COc2ccccc2OC(Cc2ccccc2)C2=NCCN2)cc1. The molecule has 3 aromatic rings. The van der Waals surface area contributed by atoms with Crippen molar-refractivity contribution in [1.29, 1.82) is 0 Å². The fourth-order valence-electron chi connectivity index (χ4n) is 3.52. The van der Waals surface area contributed by atoms with E-state index in [9.17, 15) is 4.79 Å². The average Bonchev–Trinajstić information content (AvgIpc) is 3.34. The Kier molecular flexibility index (Phi) is 7.02. The average molecular weight is 430 g/mol. The zero-order valence-corrected chi connectivity index (χ0v) is 18.1. The van der Waals surface area contributed by atoms with Gasteiger partial charge in [-0.15, -0.1) is 0 Å². The highest BCUT2D eigenvalue weighted by Gasteiger charge is 2.22. The first-order chi connectivity index (χ1) is 15.7. The maximum atomic E-state index is 11.2. The molecule has 1 atom stereocenters. The van der Waals surface area contributed by atoms with E-state index in [-0.39, 0.29) is 12.0 Å². The number of carbonyl (C=O) groups excluding carboxylic acids is 1. The molecule has 1 aliphatic rings. The number of nitrogens with one attached hydrogen (secondary N) is 2. The number of para-hydroxylation sites is 2. The summed E-state index contributed by atoms with van der Waals surface area (Å²) in [6, 6.07) is 25.6. The number of benzene rings is 3. The normalized spacial score (nSPS) is 13.6. The van der Waals surface area contributed by atoms with E-state index in [0.717, 1.165) is 30.2 Å². The van der Waals surface area contributed by atoms with E-state index in [4.69, 9.17) is 9.47 Å². The molecule has 2 N–H and O–H groups in total. The molecule has 0 aromatic heterocycles. The summed E-state index contributed by atoms with van der Waals surface area (Å²) < 4.78 is 12.5. The Balaban J connectivity index is 1.46. The van der Waals surface area contributed by atoms with Crippen molar-refractivity contribution < 1.29 is 14.3 Å². The summed E-state index contributed by atoms with van der Waals surface area (Å²) in [5.74, 6) is 2.14. The molecule has 0 bridgehead atoms. The highest BCUT2D eigenvalue weighted by atomic mass is 16.5. The second-order valence-corrected chi connectivity index (χ2v) is 7.60. The van der Waals surface area contributed by atoms with Crippen LogP contribution in [0.5, 0.6) is 11.5 Å². The molecule has 1 aliphatic heterocycles. The van der Waals surface area contributed by atoms with Crippen molar-refractivity contribution in [2.45, 2.75) is 26.1 Å². The Labute approximate surface area is 188 Å². The minimum Gasteiger partial charge on any atom is -0.485 e. The molecule has 0 radical (unpaired) electrons. The van der Waals surface area contributed by atoms with Gasteiger partial charge in [0.2, 0.25) is 5.91 Å². The van der Waals surface area contributed by atoms with Crippen LogP contribution < -0.4 is 20.1 Å². The number of hydrogen-bond acceptors (Lipinski definition) is 5. The molecule has 3 aromatic carbocycles. The van der Waals surface area contributed by atoms with Gasteiger partial charge in [0.25, 0.3) is 0 Å². The zero-order chi connectivity index (χ0) is 22.2. The van der Waals surface area contributed by atoms with Crippen molar-refractivity contribution in [1.82, 2.24) is 5.32 Å². The van der Waals surface area contributed by atoms with E-state index >= 15 is 0 Å². The van der Waals surface area contributed by atoms with Crippen LogP contribution in [0, 0.1) is 0 Å². The molecule has 32 heavy (non-hydrogen) atoms. The van der Waals surface area contributed by atoms with Crippen LogP contribution in [0.3, 0.4) is 0 Å². The van der Waals surface area contributed by atoms with Crippen molar-refractivity contribution in [3.05, 3.63) is 90.0 Å². The van der Waals surface area contributed by atoms with Gasteiger partial charge < -0.3 is 20.1 Å². The van der Waals surface area contributed by atoms with Gasteiger partial charge in [0.15, 0.2) is 17.6 Å². The number of rotatable bonds is 9. The number of ether oxygens (including phenoxy) is 2. The lowest BCUT2D eigenvalue weighted by atomic mass is 10.1. The summed E-state index contributed by atoms with van der Waals surface area (Å²) in [6.45, 7) is 3.47. The zero-order valence-electron chi connectivity index (χ0n) is 18.1. The van der Waals surface area contributed by atoms with E-state index in [1.165, 1.54) is 12.5 Å². The number of anilines is 1. The van der Waals surface area contributed by atoms with Crippen LogP contribution in [-0.2, 0) is 17.8 Å². The molecule has 0 saturated carbocycles. The molecule has 4 rings (SSSR count). The Morgan fingerprint density at radius 1 is 0.969 bits per heavy atom. The van der Waals surface area contributed by atoms with Crippen LogP contribution in [0.4, 0.5) is 5.69 Å². The number of amidine groups is 1. The van der Waals surface area contributed by atoms with Gasteiger partial charge in [-0.3, -0.25) is 9.79 Å². The van der Waals surface area contributed by atoms with E-state index < -0.39 is 0 Å². The molecule has 164 valence electrons. The summed E-state index contributed by atoms with van der Waals surface area (Å²) in [7, 11) is 0. The number of aliphatic imine (C=N–C) groups is 1. The van der Waals surface area contributed by atoms with Crippen LogP contribution in [-0.4, -0.2) is 30.9 Å². The molecule has 1 unspecified atom stereocenters. The molecule has 0 spiro atoms. The quantitative estimate of drug-likeness (QED) is 0.534. The summed E-state index contributed by atoms with van der Waals surface area (Å²) in [5, 5.41) is 6.11. The van der Waals surface area contributed by atoms with E-state index in [1.807, 2.05) is 66.7 Å². The van der Waals surface area contributed by atoms with Gasteiger partial charge in [-0.2, -0.15) is 0 Å². The standard InChI is InChI=1S/C26H27N3O3/c1-19(30)29-22-13-11-21(12-14-22)18-31-23-9-5-6-10-24(23)32-25(26-27-15-16-28-26)17-20-7-3-2-4-8-20/h2-14,25H,15-18H2,1H3,(H,27,28)(H,29,30). The van der Waals surface area contributed by atoms with Crippen LogP contribution in [0.25, 0.3) is 0 Å². The third-order valence-corrected chi connectivity index (χ3v) is 5.06. The van der Waals surface area contributed by atoms with Crippen molar-refractivity contribution in [3.63, 3.8) is 0 Å². The number of carbonyl (C=O) groups is 1. The van der Waals surface area contributed by atoms with Gasteiger partial charge >= 0.3 is 0 Å². The fraction of sp³-hybridized carbons (Fsp3) is 0.231. The highest BCUT2D eigenvalue weighted by molar-refractivity contribution is 5.89. The summed E-state index contributed by atoms with van der Waals surface area (Å²) in [4.78, 5) is 15.8. The minimum absolute atomic E-state index is 0.0912. The highest BCUT2D eigenvalue weighted by Crippen LogP contribution is 2.29. The number of hydrogen-bond donors (Lipinski definition) is 2. The van der Waals surface area contributed by atoms with Gasteiger partial charge in [-0.05, 0) is 35.4 Å². The summed E-state index contributed by atoms with van der Waals surface area (Å²) in [5.41, 5.74) is 2.95. The van der Waals surface area contributed by atoms with Crippen LogP contribution in [0.2, 0.25) is 0 Å². The van der Waals surface area contributed by atoms with E-state index in [0.29, 0.717) is 24.5 Å². The fourth-order valence-corrected chi connectivity index (χ4v) is 3.52. The lowest BCUT2D eigenvalue weighted by Gasteiger charge is -2.21. The monoisotopic (exact) mass is 429 g/mol. The first kappa shape index (κ1) is 21.4. The Morgan fingerprint density at radius 2 is 1.69 bits per heavy atom. The molecule has 1 heterocycles. The second kappa shape index (κ2) is 10.5. The van der Waals surface area contributed by atoms with Crippen LogP contribution in [0.1, 0.15) is 18.1 Å². The van der Waals surface area contributed by atoms with Gasteiger partial charge in [0, 0.05) is 25.6 Å². The number of amides is 1. The smallest absolute Gasteiger partial charge is 0.221 e. The van der Waals surface area contributed by atoms with Gasteiger partial charge in [0.05, 0.1) is 6.54 Å². The first-order valence-corrected chi connectivity index (χ1v) is 10.7. The van der Waals surface area contributed by atoms with Crippen molar-refractivity contribution in [2.75, 3.05) is 18.4 Å². The van der Waals surface area contributed by atoms with Gasteiger partial charge in [0.1, 0.15) is 12.4 Å². The molecular formula is C26H27N3O3. The number of nitrogens with zero attached hydrogens (tertiary/aromatic N) is 1. The van der Waals surface area contributed by atoms with Crippen molar-refractivity contribution in [3.8, 4) is 11.5 Å². The summed E-state index contributed by atoms with van der Waals surface area (Å²) >= 11 is 0. The molecule has 0 fully saturated rings. The molecule has 6 nitrogen and oxygen atoms in total. The molecular weight excluding hydrogens is 402 g/mol. The van der Waals surface area contributed by atoms with Crippen molar-refractivity contribution in [2.24, 2.45) is 4.99 Å². The third kappa shape index (κ3) is 5.88. The molecule has 0 saturated heterocycles. The van der Waals surface area contributed by atoms with Gasteiger partial charge in [-0.25, -0.2) is 0 Å². The largest absolute Gasteiger partial charge is 0.485 e. The minimum atomic E-state index is -0.221. The van der Waals surface area contributed by atoms with Crippen molar-refractivity contribution >= 4 is 17.4 Å². The third-order valence-electron chi connectivity index (χ3n) is 5.06. The second-order valence-electron chi connectivity index (χ2n) is 7.60. The maximum absolute atomic E-state index is 11.2. The van der Waals surface area contributed by atoms with Crippen LogP contribution >= 0.6 is 0 Å².